The van der Waals surface area contributed by atoms with Crippen LogP contribution in [0.5, 0.6) is 0 Å². The van der Waals surface area contributed by atoms with Crippen LogP contribution >= 0.6 is 0 Å². The summed E-state index contributed by atoms with van der Waals surface area (Å²) in [6.07, 6.45) is -1.33. The number of hydrogen-bond acceptors (Lipinski definition) is 8. The van der Waals surface area contributed by atoms with E-state index < -0.39 is 45.4 Å². The molecule has 0 aliphatic carbocycles. The first-order valence-corrected chi connectivity index (χ1v) is 10.6. The maximum absolute atomic E-state index is 12.9. The summed E-state index contributed by atoms with van der Waals surface area (Å²) < 4.78 is 28.5. The number of amides is 2. The monoisotopic (exact) mass is 441 g/mol. The third-order valence-corrected chi connectivity index (χ3v) is 5.31. The Hall–Kier alpha value is -2.99. The van der Waals surface area contributed by atoms with Crippen LogP contribution < -0.4 is 0 Å². The van der Waals surface area contributed by atoms with Gasteiger partial charge in [-0.1, -0.05) is 12.1 Å². The summed E-state index contributed by atoms with van der Waals surface area (Å²) in [5.41, 5.74) is -3.55. The number of carboxylic acids is 1. The van der Waals surface area contributed by atoms with Gasteiger partial charge in [0.25, 0.3) is 5.91 Å². The number of carbonyl (C=O) groups excluding carboxylic acids is 2. The zero-order valence-corrected chi connectivity index (χ0v) is 17.9. The van der Waals surface area contributed by atoms with E-state index in [0.717, 1.165) is 11.3 Å². The minimum absolute atomic E-state index is 0.0126. The molecule has 1 unspecified atom stereocenters. The lowest BCUT2D eigenvalue weighted by Crippen LogP contribution is -2.62. The fourth-order valence-electron chi connectivity index (χ4n) is 2.91. The summed E-state index contributed by atoms with van der Waals surface area (Å²) in [5.74, 6) is -2.46. The largest absolute Gasteiger partial charge is 0.481 e. The second kappa shape index (κ2) is 7.69. The molecule has 0 spiro atoms. The van der Waals surface area contributed by atoms with Gasteiger partial charge in [0, 0.05) is 18.9 Å². The van der Waals surface area contributed by atoms with E-state index in [2.05, 4.69) is 5.10 Å². The molecule has 1 aromatic rings. The predicted octanol–water partition coefficient (Wildman–Crippen LogP) is 1.11. The highest BCUT2D eigenvalue weighted by Gasteiger charge is 2.59. The summed E-state index contributed by atoms with van der Waals surface area (Å²) in [6, 6.07) is 5.11. The fourth-order valence-corrected chi connectivity index (χ4v) is 3.54. The Morgan fingerprint density at radius 2 is 1.77 bits per heavy atom. The number of hydrazone groups is 1. The van der Waals surface area contributed by atoms with Crippen LogP contribution in [0.15, 0.2) is 34.3 Å². The van der Waals surface area contributed by atoms with Gasteiger partial charge in [0.1, 0.15) is 11.3 Å². The molecule has 0 fully saturated rings. The van der Waals surface area contributed by atoms with Crippen LogP contribution in [0.2, 0.25) is 0 Å². The van der Waals surface area contributed by atoms with Crippen LogP contribution in [-0.2, 0) is 24.2 Å². The van der Waals surface area contributed by atoms with Crippen molar-refractivity contribution in [2.75, 3.05) is 13.3 Å². The van der Waals surface area contributed by atoms with Gasteiger partial charge in [0.15, 0.2) is 9.84 Å². The molecule has 0 saturated carbocycles. The average molecular weight is 441 g/mol. The second-order valence-corrected chi connectivity index (χ2v) is 9.81. The number of hydroxylamine groups is 2. The van der Waals surface area contributed by atoms with Gasteiger partial charge in [-0.05, 0) is 32.9 Å². The normalized spacial score (nSPS) is 19.5. The molecule has 30 heavy (non-hydrogen) atoms. The highest BCUT2D eigenvalue weighted by atomic mass is 32.2. The predicted molar refractivity (Wildman–Crippen MR) is 104 cm³/mol. The molecule has 164 valence electrons. The number of hydrogen-bond donors (Lipinski definition) is 2. The van der Waals surface area contributed by atoms with Crippen molar-refractivity contribution in [3.63, 3.8) is 0 Å². The molecular formula is C18H23N3O8S. The SMILES string of the molecule is CN1N=C(c2ccc(S(C)(=O)=O)cc2)C(CC(=O)O)(N(O)C(=O)OC(C)(C)C)C1=O. The number of ether oxygens (including phenoxy) is 1. The Balaban J connectivity index is 2.63. The van der Waals surface area contributed by atoms with Gasteiger partial charge in [-0.15, -0.1) is 0 Å². The summed E-state index contributed by atoms with van der Waals surface area (Å²) in [5, 5.41) is 24.8. The molecule has 1 aliphatic heterocycles. The number of carboxylic acid groups (broad SMARTS) is 1. The molecule has 0 bridgehead atoms. The molecule has 2 amide bonds. The molecule has 1 aliphatic rings. The molecular weight excluding hydrogens is 418 g/mol. The van der Waals surface area contributed by atoms with Crippen LogP contribution in [0.4, 0.5) is 4.79 Å². The van der Waals surface area contributed by atoms with Crippen molar-refractivity contribution in [1.82, 2.24) is 10.1 Å². The minimum atomic E-state index is -3.51. The van der Waals surface area contributed by atoms with E-state index >= 15 is 0 Å². The number of benzene rings is 1. The zero-order valence-electron chi connectivity index (χ0n) is 17.1. The topological polar surface area (TPSA) is 154 Å². The smallest absolute Gasteiger partial charge is 0.435 e. The highest BCUT2D eigenvalue weighted by Crippen LogP contribution is 2.34. The van der Waals surface area contributed by atoms with E-state index in [4.69, 9.17) is 4.74 Å². The molecule has 11 nitrogen and oxygen atoms in total. The molecule has 12 heteroatoms. The second-order valence-electron chi connectivity index (χ2n) is 7.80. The fraction of sp³-hybridized carbons (Fsp3) is 0.444. The number of sulfone groups is 1. The number of likely N-dealkylation sites (N-methyl/N-ethyl adjacent to an activating group) is 1. The lowest BCUT2D eigenvalue weighted by molar-refractivity contribution is -0.171. The third kappa shape index (κ3) is 4.44. The number of nitrogens with zero attached hydrogens (tertiary/aromatic N) is 3. The molecule has 1 heterocycles. The maximum Gasteiger partial charge on any atom is 0.435 e. The quantitative estimate of drug-likeness (QED) is 0.509. The van der Waals surface area contributed by atoms with E-state index in [1.54, 1.807) is 0 Å². The highest BCUT2D eigenvalue weighted by molar-refractivity contribution is 7.90. The molecule has 0 saturated heterocycles. The van der Waals surface area contributed by atoms with Gasteiger partial charge in [0.2, 0.25) is 5.54 Å². The first-order valence-electron chi connectivity index (χ1n) is 8.71. The Kier molecular flexibility index (Phi) is 5.97. The van der Waals surface area contributed by atoms with Crippen molar-refractivity contribution in [3.8, 4) is 0 Å². The van der Waals surface area contributed by atoms with E-state index in [9.17, 15) is 33.1 Å². The van der Waals surface area contributed by atoms with Crippen molar-refractivity contribution in [3.05, 3.63) is 29.8 Å². The molecule has 1 atom stereocenters. The Morgan fingerprint density at radius 3 is 2.20 bits per heavy atom. The van der Waals surface area contributed by atoms with Crippen molar-refractivity contribution in [2.45, 2.75) is 43.2 Å². The summed E-state index contributed by atoms with van der Waals surface area (Å²) in [4.78, 5) is 37.0. The van der Waals surface area contributed by atoms with Crippen LogP contribution in [0.25, 0.3) is 0 Å². The van der Waals surface area contributed by atoms with Crippen LogP contribution in [0.3, 0.4) is 0 Å². The summed E-state index contributed by atoms with van der Waals surface area (Å²) >= 11 is 0. The van der Waals surface area contributed by atoms with Crippen molar-refractivity contribution in [1.29, 1.82) is 0 Å². The van der Waals surface area contributed by atoms with Gasteiger partial charge >= 0.3 is 12.1 Å². The zero-order chi connectivity index (χ0) is 23.1. The Labute approximate surface area is 173 Å². The van der Waals surface area contributed by atoms with Crippen LogP contribution in [0, 0.1) is 0 Å². The molecule has 1 aromatic carbocycles. The third-order valence-electron chi connectivity index (χ3n) is 4.18. The number of carbonyl (C=O) groups is 3. The summed E-state index contributed by atoms with van der Waals surface area (Å²) in [6.45, 7) is 4.60. The van der Waals surface area contributed by atoms with E-state index in [-0.39, 0.29) is 21.2 Å². The van der Waals surface area contributed by atoms with Gasteiger partial charge in [-0.3, -0.25) is 14.8 Å². The van der Waals surface area contributed by atoms with Crippen molar-refractivity contribution < 1.29 is 37.9 Å². The van der Waals surface area contributed by atoms with Gasteiger partial charge < -0.3 is 9.84 Å². The molecule has 2 rings (SSSR count). The molecule has 0 radical (unpaired) electrons. The first-order chi connectivity index (χ1) is 13.6. The Bertz CT molecular complexity index is 1010. The van der Waals surface area contributed by atoms with E-state index in [1.165, 1.54) is 52.1 Å². The molecule has 0 aromatic heterocycles. The van der Waals surface area contributed by atoms with Crippen molar-refractivity contribution in [2.24, 2.45) is 5.10 Å². The van der Waals surface area contributed by atoms with E-state index in [1.807, 2.05) is 0 Å². The lowest BCUT2D eigenvalue weighted by Gasteiger charge is -2.35. The average Bonchev–Trinajstić information content (AvgIpc) is 2.84. The van der Waals surface area contributed by atoms with E-state index in [0.29, 0.717) is 0 Å². The maximum atomic E-state index is 12.9. The Morgan fingerprint density at radius 1 is 1.23 bits per heavy atom. The van der Waals surface area contributed by atoms with Crippen molar-refractivity contribution >= 4 is 33.5 Å². The van der Waals surface area contributed by atoms with Gasteiger partial charge in [0.05, 0.1) is 11.3 Å². The standard InChI is InChI=1S/C18H23N3O8S/c1-17(2,3)29-16(25)21(26)18(10-13(22)23)14(19-20(4)15(18)24)11-6-8-12(9-7-11)30(5,27)28/h6-9,26H,10H2,1-5H3,(H,22,23). The summed E-state index contributed by atoms with van der Waals surface area (Å²) in [7, 11) is -2.27. The first kappa shape index (κ1) is 23.3. The van der Waals surface area contributed by atoms with Crippen LogP contribution in [0.1, 0.15) is 32.8 Å². The van der Waals surface area contributed by atoms with Crippen LogP contribution in [-0.4, -0.2) is 76.9 Å². The van der Waals surface area contributed by atoms with Gasteiger partial charge in [-0.2, -0.15) is 10.2 Å². The lowest BCUT2D eigenvalue weighted by atomic mass is 9.85. The minimum Gasteiger partial charge on any atom is -0.481 e. The molecule has 2 N–H and O–H groups in total. The van der Waals surface area contributed by atoms with Gasteiger partial charge in [-0.25, -0.2) is 18.2 Å². The number of rotatable bonds is 5. The number of aliphatic carboxylic acids is 1.